The van der Waals surface area contributed by atoms with Gasteiger partial charge >= 0.3 is 0 Å². The normalized spacial score (nSPS) is 19.2. The Bertz CT molecular complexity index is 1700. The van der Waals surface area contributed by atoms with Gasteiger partial charge in [-0.2, -0.15) is 5.26 Å². The molecule has 2 N–H and O–H groups in total. The minimum atomic E-state index is -0.494. The van der Waals surface area contributed by atoms with Crippen LogP contribution < -0.4 is 10.6 Å². The fourth-order valence-electron chi connectivity index (χ4n) is 6.74. The molecule has 1 unspecified atom stereocenters. The Morgan fingerprint density at radius 1 is 1.11 bits per heavy atom. The molecular formula is C36H38FN5O3S. The van der Waals surface area contributed by atoms with E-state index in [1.807, 2.05) is 29.2 Å². The van der Waals surface area contributed by atoms with Crippen molar-refractivity contribution in [2.24, 2.45) is 5.92 Å². The van der Waals surface area contributed by atoms with Crippen LogP contribution in [0.25, 0.3) is 6.08 Å². The predicted molar refractivity (Wildman–Crippen MR) is 178 cm³/mol. The molecule has 1 saturated heterocycles. The van der Waals surface area contributed by atoms with Gasteiger partial charge in [0.05, 0.1) is 17.7 Å². The van der Waals surface area contributed by atoms with Crippen LogP contribution in [0.15, 0.2) is 60.0 Å². The standard InChI is InChI=1S/C36H38FN5O3S/c37-31-14-3-1-2-12-29(31)34(44)39-21-24-8-7-17-41(22-24)18-16-33(43)42-19-15-27-30(20-38)36(46-32(27)23-42)40-35(45)28-13-6-10-25-9-4-5-11-26(25)28/h1-2,4,6,9-10,12-14,24H,3,5,7-8,11,15-19,21-23H2,(H,39,44)(H,40,45). The molecule has 8 nitrogen and oxygen atoms in total. The van der Waals surface area contributed by atoms with Crippen LogP contribution in [0.5, 0.6) is 0 Å². The highest BCUT2D eigenvalue weighted by atomic mass is 32.1. The number of allylic oxidation sites excluding steroid dienone is 5. The minimum absolute atomic E-state index is 0.0613. The van der Waals surface area contributed by atoms with Gasteiger partial charge in [-0.25, -0.2) is 4.39 Å². The summed E-state index contributed by atoms with van der Waals surface area (Å²) < 4.78 is 14.2. The summed E-state index contributed by atoms with van der Waals surface area (Å²) in [5.74, 6) is -0.798. The van der Waals surface area contributed by atoms with E-state index in [9.17, 15) is 24.0 Å². The summed E-state index contributed by atoms with van der Waals surface area (Å²) in [5, 5.41) is 16.4. The molecule has 2 aliphatic carbocycles. The van der Waals surface area contributed by atoms with Gasteiger partial charge in [-0.3, -0.25) is 14.4 Å². The summed E-state index contributed by atoms with van der Waals surface area (Å²) in [6.07, 6.45) is 15.7. The van der Waals surface area contributed by atoms with E-state index in [0.29, 0.717) is 61.6 Å². The maximum atomic E-state index is 14.2. The van der Waals surface area contributed by atoms with E-state index >= 15 is 0 Å². The van der Waals surface area contributed by atoms with Gasteiger partial charge in [0.25, 0.3) is 11.8 Å². The van der Waals surface area contributed by atoms with Crippen LogP contribution in [0.1, 0.15) is 69.6 Å². The zero-order valence-corrected chi connectivity index (χ0v) is 26.6. The van der Waals surface area contributed by atoms with Crippen molar-refractivity contribution in [2.45, 2.75) is 51.5 Å². The lowest BCUT2D eigenvalue weighted by Crippen LogP contribution is -2.43. The first-order valence-corrected chi connectivity index (χ1v) is 16.9. The Morgan fingerprint density at radius 3 is 2.87 bits per heavy atom. The van der Waals surface area contributed by atoms with Gasteiger partial charge in [0, 0.05) is 43.0 Å². The first kappa shape index (κ1) is 31.6. The van der Waals surface area contributed by atoms with Crippen molar-refractivity contribution in [2.75, 3.05) is 38.0 Å². The topological polar surface area (TPSA) is 106 Å². The number of anilines is 1. The quantitative estimate of drug-likeness (QED) is 0.387. The van der Waals surface area contributed by atoms with Crippen LogP contribution >= 0.6 is 11.3 Å². The number of rotatable bonds is 8. The Kier molecular flexibility index (Phi) is 9.91. The van der Waals surface area contributed by atoms with Crippen LogP contribution in [0, 0.1) is 17.2 Å². The Hall–Kier alpha value is -4.33. The average Bonchev–Trinajstić information content (AvgIpc) is 3.27. The molecule has 1 aromatic carbocycles. The zero-order valence-electron chi connectivity index (χ0n) is 25.8. The molecule has 238 valence electrons. The Morgan fingerprint density at radius 2 is 2.00 bits per heavy atom. The van der Waals surface area contributed by atoms with Crippen molar-refractivity contribution in [3.05, 3.63) is 92.7 Å². The molecule has 10 heteroatoms. The molecule has 0 bridgehead atoms. The third-order valence-electron chi connectivity index (χ3n) is 9.19. The second kappa shape index (κ2) is 14.4. The van der Waals surface area contributed by atoms with Crippen molar-refractivity contribution in [3.8, 4) is 6.07 Å². The molecule has 1 atom stereocenters. The van der Waals surface area contributed by atoms with E-state index in [1.54, 1.807) is 12.2 Å². The monoisotopic (exact) mass is 639 g/mol. The first-order chi connectivity index (χ1) is 22.4. The highest BCUT2D eigenvalue weighted by Gasteiger charge is 2.29. The molecule has 1 fully saturated rings. The van der Waals surface area contributed by atoms with Crippen LogP contribution in [0.3, 0.4) is 0 Å². The number of hydrogen-bond acceptors (Lipinski definition) is 6. The second-order valence-electron chi connectivity index (χ2n) is 12.2. The average molecular weight is 640 g/mol. The molecule has 3 amide bonds. The fourth-order valence-corrected chi connectivity index (χ4v) is 7.95. The number of fused-ring (bicyclic) bond motifs is 2. The summed E-state index contributed by atoms with van der Waals surface area (Å²) in [6, 6.07) is 8.03. The van der Waals surface area contributed by atoms with Crippen molar-refractivity contribution in [3.63, 3.8) is 0 Å². The van der Waals surface area contributed by atoms with Crippen LogP contribution in [-0.4, -0.2) is 60.2 Å². The van der Waals surface area contributed by atoms with E-state index < -0.39 is 11.7 Å². The zero-order chi connectivity index (χ0) is 32.0. The van der Waals surface area contributed by atoms with Crippen molar-refractivity contribution < 1.29 is 18.8 Å². The van der Waals surface area contributed by atoms with Crippen molar-refractivity contribution in [1.29, 1.82) is 5.26 Å². The van der Waals surface area contributed by atoms with E-state index in [-0.39, 0.29) is 23.3 Å². The lowest BCUT2D eigenvalue weighted by molar-refractivity contribution is -0.132. The van der Waals surface area contributed by atoms with Gasteiger partial charge in [-0.05, 0) is 85.9 Å². The molecule has 46 heavy (non-hydrogen) atoms. The number of halogens is 1. The van der Waals surface area contributed by atoms with E-state index in [0.717, 1.165) is 60.3 Å². The molecule has 0 saturated carbocycles. The molecule has 0 radical (unpaired) electrons. The van der Waals surface area contributed by atoms with Crippen LogP contribution in [0.4, 0.5) is 9.39 Å². The number of amides is 3. The van der Waals surface area contributed by atoms with Gasteiger partial charge in [-0.15, -0.1) is 11.3 Å². The van der Waals surface area contributed by atoms with Crippen LogP contribution in [-0.2, 0) is 29.0 Å². The summed E-state index contributed by atoms with van der Waals surface area (Å²) in [5.41, 5.74) is 4.21. The number of nitrogens with one attached hydrogen (secondary N) is 2. The van der Waals surface area contributed by atoms with E-state index in [2.05, 4.69) is 27.7 Å². The molecule has 3 heterocycles. The lowest BCUT2D eigenvalue weighted by Gasteiger charge is -2.33. The third-order valence-corrected chi connectivity index (χ3v) is 10.3. The number of nitrogens with zero attached hydrogens (tertiary/aromatic N) is 3. The van der Waals surface area contributed by atoms with E-state index in [4.69, 9.17) is 0 Å². The van der Waals surface area contributed by atoms with Crippen LogP contribution in [0.2, 0.25) is 0 Å². The lowest BCUT2D eigenvalue weighted by atomic mass is 9.92. The van der Waals surface area contributed by atoms with E-state index in [1.165, 1.54) is 23.5 Å². The number of hydrogen-bond donors (Lipinski definition) is 2. The summed E-state index contributed by atoms with van der Waals surface area (Å²) in [4.78, 5) is 44.3. The van der Waals surface area contributed by atoms with Crippen molar-refractivity contribution in [1.82, 2.24) is 15.1 Å². The molecule has 0 spiro atoms. The number of benzene rings is 1. The molecule has 1 aromatic heterocycles. The fraction of sp³-hybridized carbons (Fsp3) is 0.389. The van der Waals surface area contributed by atoms with Crippen molar-refractivity contribution >= 4 is 40.1 Å². The number of piperidine rings is 1. The van der Waals surface area contributed by atoms with Gasteiger partial charge in [0.1, 0.15) is 16.9 Å². The predicted octanol–water partition coefficient (Wildman–Crippen LogP) is 5.67. The SMILES string of the molecule is N#Cc1c(NC(=O)c2cccc3c2CCC=C3)sc2c1CCN(C(=O)CCN1CCCC(CNC(=O)C3=CC=CCC=C3F)C1)C2. The largest absolute Gasteiger partial charge is 0.352 e. The number of thiophene rings is 1. The third kappa shape index (κ3) is 7.06. The molecule has 4 aliphatic rings. The first-order valence-electron chi connectivity index (χ1n) is 16.1. The van der Waals surface area contributed by atoms with Gasteiger partial charge in [0.15, 0.2) is 0 Å². The maximum absolute atomic E-state index is 14.2. The second-order valence-corrected chi connectivity index (χ2v) is 13.3. The van der Waals surface area contributed by atoms with Gasteiger partial charge in [-0.1, -0.05) is 36.4 Å². The number of carbonyl (C=O) groups is 3. The highest BCUT2D eigenvalue weighted by molar-refractivity contribution is 7.16. The summed E-state index contributed by atoms with van der Waals surface area (Å²) in [6.45, 7) is 3.74. The molecule has 6 rings (SSSR count). The Labute approximate surface area is 272 Å². The molecular weight excluding hydrogens is 601 g/mol. The smallest absolute Gasteiger partial charge is 0.256 e. The summed E-state index contributed by atoms with van der Waals surface area (Å²) in [7, 11) is 0. The minimum Gasteiger partial charge on any atom is -0.352 e. The maximum Gasteiger partial charge on any atom is 0.256 e. The summed E-state index contributed by atoms with van der Waals surface area (Å²) >= 11 is 1.39. The highest BCUT2D eigenvalue weighted by Crippen LogP contribution is 2.37. The molecule has 2 aromatic rings. The van der Waals surface area contributed by atoms with Gasteiger partial charge < -0.3 is 20.4 Å². The van der Waals surface area contributed by atoms with Gasteiger partial charge in [0.2, 0.25) is 5.91 Å². The number of likely N-dealkylation sites (tertiary alicyclic amines) is 1. The molecule has 2 aliphatic heterocycles. The number of carbonyl (C=O) groups excluding carboxylic acids is 3. The Balaban J connectivity index is 1.01. The number of nitriles is 1.